The van der Waals surface area contributed by atoms with E-state index in [2.05, 4.69) is 5.32 Å². The monoisotopic (exact) mass is 276 g/mol. The van der Waals surface area contributed by atoms with Crippen LogP contribution in [0.3, 0.4) is 0 Å². The molecule has 0 aromatic heterocycles. The molecule has 1 aromatic rings. The molecule has 2 rings (SSSR count). The van der Waals surface area contributed by atoms with Gasteiger partial charge in [-0.25, -0.2) is 0 Å². The molecular weight excluding hydrogens is 260 g/mol. The minimum absolute atomic E-state index is 0.123. The highest BCUT2D eigenvalue weighted by atomic mass is 16.4. The van der Waals surface area contributed by atoms with Gasteiger partial charge >= 0.3 is 17.8 Å². The Bertz CT molecular complexity index is 535. The summed E-state index contributed by atoms with van der Waals surface area (Å²) in [6, 6.07) is 6.90. The first-order valence-electron chi connectivity index (χ1n) is 6.38. The normalized spacial score (nSPS) is 13.7. The molecule has 1 aliphatic carbocycles. The van der Waals surface area contributed by atoms with E-state index in [-0.39, 0.29) is 6.04 Å². The van der Waals surface area contributed by atoms with Crippen molar-refractivity contribution >= 4 is 23.5 Å². The number of hydrogen-bond donors (Lipinski definition) is 2. The van der Waals surface area contributed by atoms with Crippen LogP contribution in [0, 0.1) is 6.92 Å². The average Bonchev–Trinajstić information content (AvgIpc) is 3.22. The summed E-state index contributed by atoms with van der Waals surface area (Å²) < 4.78 is 0. The number of benzene rings is 1. The van der Waals surface area contributed by atoms with Crippen molar-refractivity contribution in [2.24, 2.45) is 0 Å². The molecule has 1 aromatic carbocycles. The molecule has 0 radical (unpaired) electrons. The van der Waals surface area contributed by atoms with Gasteiger partial charge in [-0.05, 0) is 31.9 Å². The van der Waals surface area contributed by atoms with Crippen molar-refractivity contribution in [3.05, 3.63) is 29.8 Å². The Morgan fingerprint density at radius 2 is 1.85 bits per heavy atom. The van der Waals surface area contributed by atoms with E-state index in [4.69, 9.17) is 5.11 Å². The Balaban J connectivity index is 2.01. The number of carboxylic acids is 1. The predicted octanol–water partition coefficient (Wildman–Crippen LogP) is 1.01. The van der Waals surface area contributed by atoms with Crippen molar-refractivity contribution in [1.82, 2.24) is 4.90 Å². The van der Waals surface area contributed by atoms with E-state index >= 15 is 0 Å². The summed E-state index contributed by atoms with van der Waals surface area (Å²) in [6.45, 7) is 1.48. The molecule has 0 atom stereocenters. The molecule has 1 saturated carbocycles. The molecule has 1 aliphatic rings. The van der Waals surface area contributed by atoms with Crippen LogP contribution in [0.4, 0.5) is 5.69 Å². The van der Waals surface area contributed by atoms with E-state index in [0.717, 1.165) is 23.3 Å². The quantitative estimate of drug-likeness (QED) is 0.803. The zero-order chi connectivity index (χ0) is 14.7. The number of nitrogens with one attached hydrogen (secondary N) is 1. The molecule has 1 fully saturated rings. The van der Waals surface area contributed by atoms with Crippen LogP contribution in [0.2, 0.25) is 0 Å². The van der Waals surface area contributed by atoms with Gasteiger partial charge < -0.3 is 15.3 Å². The van der Waals surface area contributed by atoms with Crippen molar-refractivity contribution in [1.29, 1.82) is 0 Å². The minimum Gasteiger partial charge on any atom is -0.480 e. The molecule has 0 unspecified atom stereocenters. The van der Waals surface area contributed by atoms with Crippen LogP contribution >= 0.6 is 0 Å². The topological polar surface area (TPSA) is 86.7 Å². The highest BCUT2D eigenvalue weighted by Gasteiger charge is 2.36. The largest absolute Gasteiger partial charge is 0.480 e. The van der Waals surface area contributed by atoms with Gasteiger partial charge in [-0.3, -0.25) is 14.4 Å². The van der Waals surface area contributed by atoms with Gasteiger partial charge in [0.05, 0.1) is 0 Å². The van der Waals surface area contributed by atoms with Gasteiger partial charge in [-0.15, -0.1) is 0 Å². The first-order valence-corrected chi connectivity index (χ1v) is 6.38. The van der Waals surface area contributed by atoms with Crippen LogP contribution in [0.15, 0.2) is 24.3 Å². The summed E-state index contributed by atoms with van der Waals surface area (Å²) in [5, 5.41) is 11.3. The maximum Gasteiger partial charge on any atom is 0.323 e. The number of aliphatic carboxylic acids is 1. The fourth-order valence-corrected chi connectivity index (χ4v) is 1.85. The third-order valence-corrected chi connectivity index (χ3v) is 3.06. The summed E-state index contributed by atoms with van der Waals surface area (Å²) >= 11 is 0. The summed E-state index contributed by atoms with van der Waals surface area (Å²) in [5.74, 6) is -2.72. The smallest absolute Gasteiger partial charge is 0.323 e. The zero-order valence-corrected chi connectivity index (χ0v) is 11.1. The SMILES string of the molecule is Cc1ccc(NC(=O)C(=O)N(CC(=O)O)C2CC2)cc1. The molecule has 2 N–H and O–H groups in total. The maximum absolute atomic E-state index is 12.0. The third kappa shape index (κ3) is 3.57. The van der Waals surface area contributed by atoms with Crippen molar-refractivity contribution < 1.29 is 19.5 Å². The molecule has 2 amide bonds. The zero-order valence-electron chi connectivity index (χ0n) is 11.1. The van der Waals surface area contributed by atoms with Gasteiger partial charge in [-0.1, -0.05) is 17.7 Å². The summed E-state index contributed by atoms with van der Waals surface area (Å²) in [7, 11) is 0. The minimum atomic E-state index is -1.12. The summed E-state index contributed by atoms with van der Waals surface area (Å²) in [4.78, 5) is 35.7. The van der Waals surface area contributed by atoms with E-state index in [0.29, 0.717) is 5.69 Å². The molecular formula is C14H16N2O4. The average molecular weight is 276 g/mol. The summed E-state index contributed by atoms with van der Waals surface area (Å²) in [5.41, 5.74) is 1.56. The molecule has 106 valence electrons. The lowest BCUT2D eigenvalue weighted by molar-refractivity contribution is -0.148. The summed E-state index contributed by atoms with van der Waals surface area (Å²) in [6.07, 6.45) is 1.49. The van der Waals surface area contributed by atoms with E-state index in [9.17, 15) is 14.4 Å². The van der Waals surface area contributed by atoms with Crippen molar-refractivity contribution in [3.63, 3.8) is 0 Å². The van der Waals surface area contributed by atoms with Crippen LogP contribution in [0.25, 0.3) is 0 Å². The van der Waals surface area contributed by atoms with Gasteiger partial charge in [0.2, 0.25) is 0 Å². The molecule has 6 heteroatoms. The molecule has 0 spiro atoms. The van der Waals surface area contributed by atoms with Crippen LogP contribution in [0.1, 0.15) is 18.4 Å². The maximum atomic E-state index is 12.0. The van der Waals surface area contributed by atoms with Gasteiger partial charge in [0.25, 0.3) is 0 Å². The number of carbonyl (C=O) groups excluding carboxylic acids is 2. The second-order valence-electron chi connectivity index (χ2n) is 4.88. The molecule has 6 nitrogen and oxygen atoms in total. The number of rotatable bonds is 4. The fraction of sp³-hybridized carbons (Fsp3) is 0.357. The van der Waals surface area contributed by atoms with Crippen molar-refractivity contribution in [2.45, 2.75) is 25.8 Å². The first-order chi connectivity index (χ1) is 9.47. The van der Waals surface area contributed by atoms with Gasteiger partial charge in [-0.2, -0.15) is 0 Å². The Labute approximate surface area is 116 Å². The fourth-order valence-electron chi connectivity index (χ4n) is 1.85. The van der Waals surface area contributed by atoms with E-state index in [1.807, 2.05) is 19.1 Å². The number of anilines is 1. The third-order valence-electron chi connectivity index (χ3n) is 3.06. The van der Waals surface area contributed by atoms with Crippen LogP contribution in [-0.2, 0) is 14.4 Å². The Hall–Kier alpha value is -2.37. The van der Waals surface area contributed by atoms with Crippen LogP contribution in [-0.4, -0.2) is 40.4 Å². The Morgan fingerprint density at radius 3 is 2.35 bits per heavy atom. The number of carboxylic acid groups (broad SMARTS) is 1. The van der Waals surface area contributed by atoms with E-state index < -0.39 is 24.3 Å². The highest BCUT2D eigenvalue weighted by molar-refractivity contribution is 6.39. The number of nitrogens with zero attached hydrogens (tertiary/aromatic N) is 1. The van der Waals surface area contributed by atoms with Crippen LogP contribution in [0.5, 0.6) is 0 Å². The Kier molecular flexibility index (Phi) is 4.02. The molecule has 0 saturated heterocycles. The van der Waals surface area contributed by atoms with Crippen molar-refractivity contribution in [3.8, 4) is 0 Å². The second kappa shape index (κ2) is 5.73. The lowest BCUT2D eigenvalue weighted by atomic mass is 10.2. The van der Waals surface area contributed by atoms with Gasteiger partial charge in [0.15, 0.2) is 0 Å². The molecule has 0 heterocycles. The van der Waals surface area contributed by atoms with E-state index in [1.54, 1.807) is 12.1 Å². The molecule has 0 bridgehead atoms. The number of carbonyl (C=O) groups is 3. The Morgan fingerprint density at radius 1 is 1.25 bits per heavy atom. The molecule has 0 aliphatic heterocycles. The lowest BCUT2D eigenvalue weighted by Gasteiger charge is -2.19. The van der Waals surface area contributed by atoms with Gasteiger partial charge in [0.1, 0.15) is 6.54 Å². The van der Waals surface area contributed by atoms with Crippen LogP contribution < -0.4 is 5.32 Å². The second-order valence-corrected chi connectivity index (χ2v) is 4.88. The number of hydrogen-bond acceptors (Lipinski definition) is 3. The first kappa shape index (κ1) is 14.0. The number of amides is 2. The number of aryl methyl sites for hydroxylation is 1. The highest BCUT2D eigenvalue weighted by Crippen LogP contribution is 2.26. The predicted molar refractivity (Wildman–Crippen MR) is 72.2 cm³/mol. The van der Waals surface area contributed by atoms with Gasteiger partial charge in [0, 0.05) is 11.7 Å². The van der Waals surface area contributed by atoms with E-state index in [1.165, 1.54) is 0 Å². The lowest BCUT2D eigenvalue weighted by Crippen LogP contribution is -2.43. The van der Waals surface area contributed by atoms with Crippen molar-refractivity contribution in [2.75, 3.05) is 11.9 Å². The standard InChI is InChI=1S/C14H16N2O4/c1-9-2-4-10(5-3-9)15-13(19)14(20)16(8-12(17)18)11-6-7-11/h2-5,11H,6-8H2,1H3,(H,15,19)(H,17,18). The molecule has 20 heavy (non-hydrogen) atoms.